The molecule has 4 N–H and O–H groups in total. The van der Waals surface area contributed by atoms with E-state index in [0.717, 1.165) is 0 Å². The molecule has 0 atom stereocenters. The summed E-state index contributed by atoms with van der Waals surface area (Å²) >= 11 is 6.50. The number of anilines is 1. The van der Waals surface area contributed by atoms with Crippen LogP contribution in [0.1, 0.15) is 30.3 Å². The molecule has 0 radical (unpaired) electrons. The fourth-order valence-corrected chi connectivity index (χ4v) is 4.45. The van der Waals surface area contributed by atoms with Crippen LogP contribution >= 0.6 is 23.0 Å². The minimum Gasteiger partial charge on any atom is -0.457 e. The number of hydrogen-bond donors (Lipinski definition) is 4. The van der Waals surface area contributed by atoms with E-state index >= 15 is 0 Å². The Kier molecular flexibility index (Phi) is 9.54. The lowest BCUT2D eigenvalue weighted by Gasteiger charge is -2.22. The fraction of sp³-hybridized carbons (Fsp3) is 0.200. The summed E-state index contributed by atoms with van der Waals surface area (Å²) < 4.78 is 19.1. The number of amides is 1. The molecule has 0 spiro atoms. The number of halogens is 2. The van der Waals surface area contributed by atoms with E-state index in [2.05, 4.69) is 9.97 Å². The van der Waals surface area contributed by atoms with Crippen molar-refractivity contribution in [1.82, 2.24) is 14.9 Å². The highest BCUT2D eigenvalue weighted by molar-refractivity contribution is 8.02. The van der Waals surface area contributed by atoms with Crippen molar-refractivity contribution in [3.8, 4) is 11.5 Å². The van der Waals surface area contributed by atoms with Gasteiger partial charge in [-0.1, -0.05) is 11.6 Å². The van der Waals surface area contributed by atoms with Gasteiger partial charge >= 0.3 is 0 Å². The first-order valence-corrected chi connectivity index (χ1v) is 12.1. The Bertz CT molecular complexity index is 1300. The van der Waals surface area contributed by atoms with Crippen molar-refractivity contribution in [3.05, 3.63) is 87.1 Å². The monoisotopic (exact) mass is 532 g/mol. The molecule has 1 amide bonds. The lowest BCUT2D eigenvalue weighted by molar-refractivity contribution is -0.116. The Balaban J connectivity index is 1.98. The van der Waals surface area contributed by atoms with Gasteiger partial charge in [-0.2, -0.15) is 0 Å². The van der Waals surface area contributed by atoms with E-state index in [1.807, 2.05) is 0 Å². The highest BCUT2D eigenvalue weighted by atomic mass is 35.5. The van der Waals surface area contributed by atoms with Gasteiger partial charge in [-0.15, -0.1) is 11.4 Å². The van der Waals surface area contributed by atoms with E-state index in [1.165, 1.54) is 35.2 Å². The minimum atomic E-state index is -0.403. The Hall–Kier alpha value is -3.31. The lowest BCUT2D eigenvalue weighted by Crippen LogP contribution is -2.22. The normalized spacial score (nSPS) is 12.4. The molecular weight excluding hydrogens is 507 g/mol. The minimum absolute atomic E-state index is 0.110. The number of allylic oxidation sites excluding steroid dienone is 1. The van der Waals surface area contributed by atoms with E-state index in [1.54, 1.807) is 32.2 Å². The van der Waals surface area contributed by atoms with Gasteiger partial charge in [0, 0.05) is 40.4 Å². The molecule has 8 nitrogen and oxygen atoms in total. The topological polar surface area (TPSA) is 122 Å². The Morgan fingerprint density at radius 2 is 2.00 bits per heavy atom. The molecule has 0 saturated heterocycles. The van der Waals surface area contributed by atoms with Crippen LogP contribution in [0.15, 0.2) is 59.3 Å². The molecule has 1 aromatic heterocycles. The molecular formula is C25H26ClFN4O4S. The second kappa shape index (κ2) is 12.6. The summed E-state index contributed by atoms with van der Waals surface area (Å²) in [7, 11) is 0. The SMILES string of the molecule is C/C(=C(CCO)/[SH]=C(\O)c1cc(Cl)ccc1Oc1ccc(F)cc1)N(C=O)Cc1cnc(C)nc1N. The van der Waals surface area contributed by atoms with Gasteiger partial charge in [0.1, 0.15) is 34.0 Å². The first-order valence-electron chi connectivity index (χ1n) is 10.8. The van der Waals surface area contributed by atoms with Crippen molar-refractivity contribution >= 4 is 40.2 Å². The molecule has 36 heavy (non-hydrogen) atoms. The zero-order valence-electron chi connectivity index (χ0n) is 19.7. The number of hydrogen-bond acceptors (Lipinski definition) is 6. The van der Waals surface area contributed by atoms with Gasteiger partial charge in [0.15, 0.2) is 0 Å². The first kappa shape index (κ1) is 27.3. The number of ether oxygens (including phenoxy) is 1. The summed E-state index contributed by atoms with van der Waals surface area (Å²) in [5, 5.41) is 21.0. The van der Waals surface area contributed by atoms with Crippen LogP contribution < -0.4 is 10.5 Å². The summed E-state index contributed by atoms with van der Waals surface area (Å²) in [6, 6.07) is 10.2. The van der Waals surface area contributed by atoms with Gasteiger partial charge in [0.25, 0.3) is 0 Å². The van der Waals surface area contributed by atoms with Crippen LogP contribution in [0, 0.1) is 12.7 Å². The molecule has 0 saturated carbocycles. The van der Waals surface area contributed by atoms with Crippen molar-refractivity contribution in [1.29, 1.82) is 0 Å². The zero-order valence-corrected chi connectivity index (χ0v) is 21.3. The van der Waals surface area contributed by atoms with Crippen molar-refractivity contribution in [3.63, 3.8) is 0 Å². The third-order valence-electron chi connectivity index (χ3n) is 5.15. The standard InChI is InChI=1S/C25H26ClFN4O4S/c1-15(31(14-33)13-17-12-29-16(2)30-24(17)28)23(9-10-32)36-25(34)21-11-18(26)3-8-22(21)35-20-6-4-19(27)5-7-20/h3-8,11-12,14,32,34,36H,9-10,13H2,1-2H3,(H2,28,29,30)/b23-15-. The number of aryl methyl sites for hydroxylation is 1. The van der Waals surface area contributed by atoms with Crippen LogP contribution in [0.2, 0.25) is 5.02 Å². The summed E-state index contributed by atoms with van der Waals surface area (Å²) in [6.45, 7) is 3.33. The van der Waals surface area contributed by atoms with Gasteiger partial charge in [0.2, 0.25) is 6.41 Å². The maximum atomic E-state index is 13.3. The predicted molar refractivity (Wildman–Crippen MR) is 141 cm³/mol. The Labute approximate surface area is 216 Å². The number of carbonyl (C=O) groups is 1. The molecule has 3 rings (SSSR count). The van der Waals surface area contributed by atoms with Crippen molar-refractivity contribution < 1.29 is 24.1 Å². The number of aliphatic hydroxyl groups is 2. The fourth-order valence-electron chi connectivity index (χ4n) is 3.23. The molecule has 11 heteroatoms. The van der Waals surface area contributed by atoms with Crippen LogP contribution in [0.25, 0.3) is 0 Å². The molecule has 0 aliphatic carbocycles. The summed E-state index contributed by atoms with van der Waals surface area (Å²) in [6.07, 6.45) is 2.39. The quantitative estimate of drug-likeness (QED) is 0.169. The molecule has 3 aromatic rings. The van der Waals surface area contributed by atoms with E-state index in [-0.39, 0.29) is 30.4 Å². The third-order valence-corrected chi connectivity index (χ3v) is 6.65. The second-order valence-electron chi connectivity index (χ2n) is 7.70. The largest absolute Gasteiger partial charge is 0.457 e. The van der Waals surface area contributed by atoms with Crippen molar-refractivity contribution in [2.45, 2.75) is 26.8 Å². The maximum Gasteiger partial charge on any atom is 0.214 e. The van der Waals surface area contributed by atoms with Crippen LogP contribution in [-0.2, 0) is 11.3 Å². The highest BCUT2D eigenvalue weighted by Gasteiger charge is 2.15. The second-order valence-corrected chi connectivity index (χ2v) is 9.32. The summed E-state index contributed by atoms with van der Waals surface area (Å²) in [5.41, 5.74) is 7.37. The number of nitrogen functional groups attached to an aromatic ring is 1. The molecule has 0 fully saturated rings. The average Bonchev–Trinajstić information content (AvgIpc) is 2.85. The van der Waals surface area contributed by atoms with Gasteiger partial charge < -0.3 is 25.6 Å². The first-order chi connectivity index (χ1) is 17.2. The molecule has 1 heterocycles. The third kappa shape index (κ3) is 7.11. The smallest absolute Gasteiger partial charge is 0.214 e. The molecule has 190 valence electrons. The number of nitrogens with zero attached hydrogens (tertiary/aromatic N) is 3. The summed E-state index contributed by atoms with van der Waals surface area (Å²) in [4.78, 5) is 22.2. The maximum absolute atomic E-state index is 13.3. The van der Waals surface area contributed by atoms with Crippen molar-refractivity contribution in [2.75, 3.05) is 12.3 Å². The predicted octanol–water partition coefficient (Wildman–Crippen LogP) is 4.73. The van der Waals surface area contributed by atoms with E-state index in [0.29, 0.717) is 61.8 Å². The molecule has 0 aliphatic heterocycles. The molecule has 0 bridgehead atoms. The number of nitrogens with two attached hydrogens (primary N) is 1. The Morgan fingerprint density at radius 3 is 2.64 bits per heavy atom. The lowest BCUT2D eigenvalue weighted by atomic mass is 10.2. The summed E-state index contributed by atoms with van der Waals surface area (Å²) in [5.74, 6) is 1.05. The van der Waals surface area contributed by atoms with E-state index in [9.17, 15) is 19.4 Å². The highest BCUT2D eigenvalue weighted by Crippen LogP contribution is 2.31. The van der Waals surface area contributed by atoms with Crippen LogP contribution in [0.5, 0.6) is 11.5 Å². The van der Waals surface area contributed by atoms with Crippen LogP contribution in [0.3, 0.4) is 0 Å². The van der Waals surface area contributed by atoms with Crippen LogP contribution in [0.4, 0.5) is 10.2 Å². The van der Waals surface area contributed by atoms with Gasteiger partial charge in [-0.05, 0) is 56.3 Å². The van der Waals surface area contributed by atoms with Crippen molar-refractivity contribution in [2.24, 2.45) is 0 Å². The van der Waals surface area contributed by atoms with Crippen LogP contribution in [-0.4, -0.2) is 43.1 Å². The van der Waals surface area contributed by atoms with E-state index < -0.39 is 5.82 Å². The van der Waals surface area contributed by atoms with Gasteiger partial charge in [-0.25, -0.2) is 14.4 Å². The van der Waals surface area contributed by atoms with Gasteiger partial charge in [0.05, 0.1) is 12.1 Å². The number of aromatic nitrogens is 2. The zero-order chi connectivity index (χ0) is 26.2. The Morgan fingerprint density at radius 1 is 1.28 bits per heavy atom. The number of benzene rings is 2. The molecule has 2 aromatic carbocycles. The number of thiol groups is 1. The molecule has 0 aliphatic rings. The van der Waals surface area contributed by atoms with Gasteiger partial charge in [-0.3, -0.25) is 4.79 Å². The average molecular weight is 533 g/mol. The number of rotatable bonds is 10. The number of aliphatic hydroxyl groups excluding tert-OH is 2. The number of carbonyl (C=O) groups excluding carboxylic acids is 1. The molecule has 0 unspecified atom stereocenters. The van der Waals surface area contributed by atoms with E-state index in [4.69, 9.17) is 22.1 Å².